The second kappa shape index (κ2) is 8.31. The number of hydrogen-bond donors (Lipinski definition) is 2. The molecule has 0 atom stereocenters. The number of sulfonamides is 1. The summed E-state index contributed by atoms with van der Waals surface area (Å²) >= 11 is 4.83. The monoisotopic (exact) mass is 316 g/mol. The van der Waals surface area contributed by atoms with Gasteiger partial charge >= 0.3 is 0 Å². The molecule has 20 heavy (non-hydrogen) atoms. The summed E-state index contributed by atoms with van der Waals surface area (Å²) in [4.78, 5) is 0.321. The first-order valence-corrected chi connectivity index (χ1v) is 8.34. The number of unbranched alkanes of at least 4 members (excludes halogenated alkanes) is 1. The second-order valence-corrected chi connectivity index (χ2v) is 6.46. The van der Waals surface area contributed by atoms with E-state index in [1.165, 1.54) is 12.1 Å². The minimum absolute atomic E-state index is 0.149. The molecule has 0 spiro atoms. The van der Waals surface area contributed by atoms with Gasteiger partial charge in [-0.25, -0.2) is 13.1 Å². The van der Waals surface area contributed by atoms with Gasteiger partial charge in [0.25, 0.3) is 0 Å². The van der Waals surface area contributed by atoms with Crippen molar-refractivity contribution in [3.63, 3.8) is 0 Å². The Hall–Kier alpha value is -1.02. The van der Waals surface area contributed by atoms with Crippen LogP contribution >= 0.6 is 12.2 Å². The molecule has 1 aromatic rings. The predicted molar refractivity (Wildman–Crippen MR) is 83.2 cm³/mol. The molecule has 0 saturated carbocycles. The molecule has 7 heteroatoms. The standard InChI is InChI=1S/C13H20N2O3S2/c1-2-3-8-18-9-7-15-20(16,17)12-6-4-5-11(10-12)13(14)19/h4-6,10,15H,2-3,7-9H2,1H3,(H2,14,19). The molecule has 0 amide bonds. The topological polar surface area (TPSA) is 81.4 Å². The van der Waals surface area contributed by atoms with Crippen molar-refractivity contribution in [1.82, 2.24) is 4.72 Å². The molecule has 1 rings (SSSR count). The van der Waals surface area contributed by atoms with Crippen LogP contribution < -0.4 is 10.5 Å². The van der Waals surface area contributed by atoms with Crippen molar-refractivity contribution in [2.45, 2.75) is 24.7 Å². The van der Waals surface area contributed by atoms with E-state index in [2.05, 4.69) is 11.6 Å². The SMILES string of the molecule is CCCCOCCNS(=O)(=O)c1cccc(C(N)=S)c1. The van der Waals surface area contributed by atoms with Crippen molar-refractivity contribution < 1.29 is 13.2 Å². The van der Waals surface area contributed by atoms with Gasteiger partial charge in [-0.3, -0.25) is 0 Å². The van der Waals surface area contributed by atoms with Crippen LogP contribution in [0.25, 0.3) is 0 Å². The third-order valence-electron chi connectivity index (χ3n) is 2.61. The van der Waals surface area contributed by atoms with Crippen molar-refractivity contribution in [3.8, 4) is 0 Å². The molecule has 0 aromatic heterocycles. The summed E-state index contributed by atoms with van der Waals surface area (Å²) < 4.78 is 31.9. The van der Waals surface area contributed by atoms with Gasteiger partial charge in [0.05, 0.1) is 11.5 Å². The summed E-state index contributed by atoms with van der Waals surface area (Å²) in [5, 5.41) is 0. The molecule has 112 valence electrons. The van der Waals surface area contributed by atoms with Crippen LogP contribution in [0.1, 0.15) is 25.3 Å². The van der Waals surface area contributed by atoms with Gasteiger partial charge in [0.1, 0.15) is 4.99 Å². The molecule has 1 aromatic carbocycles. The molecule has 0 heterocycles. The highest BCUT2D eigenvalue weighted by atomic mass is 32.2. The van der Waals surface area contributed by atoms with Gasteiger partial charge in [-0.1, -0.05) is 37.7 Å². The lowest BCUT2D eigenvalue weighted by Crippen LogP contribution is -2.27. The third-order valence-corrected chi connectivity index (χ3v) is 4.30. The Labute approximate surface area is 125 Å². The van der Waals surface area contributed by atoms with Crippen LogP contribution in [0.4, 0.5) is 0 Å². The number of rotatable bonds is 9. The highest BCUT2D eigenvalue weighted by Crippen LogP contribution is 2.11. The van der Waals surface area contributed by atoms with Gasteiger partial charge in [0.2, 0.25) is 10.0 Å². The molecular weight excluding hydrogens is 296 g/mol. The Morgan fingerprint density at radius 3 is 2.80 bits per heavy atom. The van der Waals surface area contributed by atoms with Crippen molar-refractivity contribution in [2.75, 3.05) is 19.8 Å². The van der Waals surface area contributed by atoms with E-state index in [1.54, 1.807) is 12.1 Å². The number of hydrogen-bond acceptors (Lipinski definition) is 4. The first kappa shape index (κ1) is 17.0. The molecule has 0 aliphatic heterocycles. The number of nitrogens with two attached hydrogens (primary N) is 1. The Morgan fingerprint density at radius 1 is 1.40 bits per heavy atom. The maximum atomic E-state index is 12.0. The largest absolute Gasteiger partial charge is 0.389 e. The molecule has 0 fully saturated rings. The van der Waals surface area contributed by atoms with Crippen LogP contribution in [0.2, 0.25) is 0 Å². The van der Waals surface area contributed by atoms with Crippen molar-refractivity contribution in [2.24, 2.45) is 5.73 Å². The molecule has 0 bridgehead atoms. The van der Waals surface area contributed by atoms with E-state index >= 15 is 0 Å². The van der Waals surface area contributed by atoms with Gasteiger partial charge in [0, 0.05) is 18.7 Å². The van der Waals surface area contributed by atoms with E-state index < -0.39 is 10.0 Å². The van der Waals surface area contributed by atoms with Gasteiger partial charge in [-0.05, 0) is 18.6 Å². The lowest BCUT2D eigenvalue weighted by molar-refractivity contribution is 0.136. The lowest BCUT2D eigenvalue weighted by Gasteiger charge is -2.08. The number of benzene rings is 1. The zero-order chi connectivity index (χ0) is 15.0. The summed E-state index contributed by atoms with van der Waals surface area (Å²) in [5.74, 6) is 0. The molecule has 0 unspecified atom stereocenters. The number of ether oxygens (including phenoxy) is 1. The van der Waals surface area contributed by atoms with Crippen molar-refractivity contribution >= 4 is 27.2 Å². The predicted octanol–water partition coefficient (Wildman–Crippen LogP) is 1.42. The number of nitrogens with one attached hydrogen (secondary N) is 1. The maximum absolute atomic E-state index is 12.0. The fourth-order valence-corrected chi connectivity index (χ4v) is 2.68. The van der Waals surface area contributed by atoms with Crippen LogP contribution in [-0.4, -0.2) is 33.2 Å². The molecular formula is C13H20N2O3S2. The average molecular weight is 316 g/mol. The highest BCUT2D eigenvalue weighted by Gasteiger charge is 2.14. The first-order chi connectivity index (χ1) is 9.47. The smallest absolute Gasteiger partial charge is 0.240 e. The quantitative estimate of drug-likeness (QED) is 0.532. The molecule has 5 nitrogen and oxygen atoms in total. The van der Waals surface area contributed by atoms with Gasteiger partial charge in [0.15, 0.2) is 0 Å². The van der Waals surface area contributed by atoms with Crippen LogP contribution in [0.3, 0.4) is 0 Å². The van der Waals surface area contributed by atoms with Gasteiger partial charge < -0.3 is 10.5 Å². The fourth-order valence-electron chi connectivity index (χ4n) is 1.50. The molecule has 0 radical (unpaired) electrons. The van der Waals surface area contributed by atoms with E-state index in [9.17, 15) is 8.42 Å². The van der Waals surface area contributed by atoms with Gasteiger partial charge in [-0.15, -0.1) is 0 Å². The Kier molecular flexibility index (Phi) is 7.08. The van der Waals surface area contributed by atoms with Gasteiger partial charge in [-0.2, -0.15) is 0 Å². The summed E-state index contributed by atoms with van der Waals surface area (Å²) in [7, 11) is -3.55. The molecule has 0 saturated heterocycles. The second-order valence-electron chi connectivity index (χ2n) is 4.26. The van der Waals surface area contributed by atoms with Crippen molar-refractivity contribution in [1.29, 1.82) is 0 Å². The van der Waals surface area contributed by atoms with Crippen LogP contribution in [0, 0.1) is 0 Å². The zero-order valence-electron chi connectivity index (χ0n) is 11.5. The third kappa shape index (κ3) is 5.54. The number of thiocarbonyl (C=S) groups is 1. The first-order valence-electron chi connectivity index (χ1n) is 6.44. The molecule has 3 N–H and O–H groups in total. The summed E-state index contributed by atoms with van der Waals surface area (Å²) in [6, 6.07) is 6.25. The van der Waals surface area contributed by atoms with Crippen LogP contribution in [0.5, 0.6) is 0 Å². The highest BCUT2D eigenvalue weighted by molar-refractivity contribution is 7.89. The average Bonchev–Trinajstić information content (AvgIpc) is 2.43. The zero-order valence-corrected chi connectivity index (χ0v) is 13.1. The lowest BCUT2D eigenvalue weighted by atomic mass is 10.2. The minimum Gasteiger partial charge on any atom is -0.389 e. The Bertz CT molecular complexity index is 544. The van der Waals surface area contributed by atoms with E-state index in [4.69, 9.17) is 22.7 Å². The van der Waals surface area contributed by atoms with Crippen molar-refractivity contribution in [3.05, 3.63) is 29.8 Å². The van der Waals surface area contributed by atoms with E-state index in [-0.39, 0.29) is 16.4 Å². The minimum atomic E-state index is -3.55. The normalized spacial score (nSPS) is 11.4. The Balaban J connectivity index is 2.56. The summed E-state index contributed by atoms with van der Waals surface area (Å²) in [6.07, 6.45) is 2.03. The molecule has 0 aliphatic rings. The summed E-state index contributed by atoms with van der Waals surface area (Å²) in [5.41, 5.74) is 6.02. The molecule has 0 aliphatic carbocycles. The van der Waals surface area contributed by atoms with Crippen LogP contribution in [0.15, 0.2) is 29.2 Å². The fraction of sp³-hybridized carbons (Fsp3) is 0.462. The van der Waals surface area contributed by atoms with E-state index in [1.807, 2.05) is 0 Å². The maximum Gasteiger partial charge on any atom is 0.240 e. The Morgan fingerprint density at radius 2 is 2.15 bits per heavy atom. The van der Waals surface area contributed by atoms with E-state index in [0.29, 0.717) is 18.8 Å². The van der Waals surface area contributed by atoms with E-state index in [0.717, 1.165) is 12.8 Å². The van der Waals surface area contributed by atoms with Crippen LogP contribution in [-0.2, 0) is 14.8 Å². The summed E-state index contributed by atoms with van der Waals surface area (Å²) in [6.45, 7) is 3.31.